The Bertz CT molecular complexity index is 706. The van der Waals surface area contributed by atoms with Gasteiger partial charge in [-0.05, 0) is 18.3 Å². The van der Waals surface area contributed by atoms with Gasteiger partial charge in [0.05, 0.1) is 6.21 Å². The van der Waals surface area contributed by atoms with E-state index >= 15 is 0 Å². The lowest BCUT2D eigenvalue weighted by Crippen LogP contribution is -2.24. The summed E-state index contributed by atoms with van der Waals surface area (Å²) in [5.74, 6) is 0. The minimum absolute atomic E-state index is 0.390. The number of hydrazone groups is 1. The molecule has 1 aromatic heterocycles. The fourth-order valence-corrected chi connectivity index (χ4v) is 2.36. The highest BCUT2D eigenvalue weighted by molar-refractivity contribution is 7.73. The van der Waals surface area contributed by atoms with Gasteiger partial charge >= 0.3 is 6.03 Å². The van der Waals surface area contributed by atoms with Crippen molar-refractivity contribution in [1.82, 2.24) is 15.6 Å². The average molecular weight is 322 g/mol. The highest BCUT2D eigenvalue weighted by Crippen LogP contribution is 2.15. The number of nitrogens with one attached hydrogen (secondary N) is 3. The van der Waals surface area contributed by atoms with E-state index in [-0.39, 0.29) is 0 Å². The molecule has 0 fully saturated rings. The highest BCUT2D eigenvalue weighted by Gasteiger charge is 2.04. The maximum atomic E-state index is 11.6. The summed E-state index contributed by atoms with van der Waals surface area (Å²) in [5.41, 5.74) is 4.28. The molecule has 1 heterocycles. The van der Waals surface area contributed by atoms with Crippen LogP contribution in [0.25, 0.3) is 0 Å². The highest BCUT2D eigenvalue weighted by atomic mass is 32.1. The number of hydrogen-bond donors (Lipinski definition) is 3. The van der Waals surface area contributed by atoms with E-state index < -0.39 is 6.03 Å². The van der Waals surface area contributed by atoms with Gasteiger partial charge in [-0.1, -0.05) is 29.5 Å². The van der Waals surface area contributed by atoms with Gasteiger partial charge in [-0.15, -0.1) is 5.10 Å². The fourth-order valence-electron chi connectivity index (χ4n) is 1.57. The average Bonchev–Trinajstić information content (AvgIpc) is 2.84. The third kappa shape index (κ3) is 4.36. The van der Waals surface area contributed by atoms with Crippen molar-refractivity contribution in [3.05, 3.63) is 33.8 Å². The van der Waals surface area contributed by atoms with Gasteiger partial charge in [-0.25, -0.2) is 10.2 Å². The fraction of sp³-hybridized carbons (Fsp3) is 0.167. The number of carbonyl (C=O) groups is 1. The van der Waals surface area contributed by atoms with Crippen molar-refractivity contribution in [2.75, 3.05) is 24.3 Å². The monoisotopic (exact) mass is 322 g/mol. The minimum Gasteiger partial charge on any atom is -0.377 e. The predicted molar refractivity (Wildman–Crippen MR) is 87.8 cm³/mol. The van der Waals surface area contributed by atoms with Crippen LogP contribution in [0.15, 0.2) is 29.4 Å². The SMILES string of the molecule is CN(C)c1ccccc1/C=N/NC(=O)Nc1n[nH]c(=S)s1. The molecule has 0 unspecified atom stereocenters. The van der Waals surface area contributed by atoms with E-state index in [0.717, 1.165) is 11.3 Å². The molecule has 21 heavy (non-hydrogen) atoms. The summed E-state index contributed by atoms with van der Waals surface area (Å²) in [6, 6.07) is 7.25. The normalized spacial score (nSPS) is 10.6. The number of hydrogen-bond acceptors (Lipinski definition) is 6. The maximum absolute atomic E-state index is 11.6. The van der Waals surface area contributed by atoms with Gasteiger partial charge in [0.1, 0.15) is 0 Å². The zero-order valence-electron chi connectivity index (χ0n) is 11.5. The number of nitrogens with zero attached hydrogens (tertiary/aromatic N) is 3. The van der Waals surface area contributed by atoms with Crippen LogP contribution in [0.1, 0.15) is 5.56 Å². The molecule has 0 bridgehead atoms. The summed E-state index contributed by atoms with van der Waals surface area (Å²) in [6.45, 7) is 0. The Balaban J connectivity index is 1.96. The van der Waals surface area contributed by atoms with Crippen LogP contribution in [0, 0.1) is 3.95 Å². The summed E-state index contributed by atoms with van der Waals surface area (Å²) in [7, 11) is 3.89. The molecule has 0 radical (unpaired) electrons. The summed E-state index contributed by atoms with van der Waals surface area (Å²) in [5, 5.41) is 13.2. The van der Waals surface area contributed by atoms with Crippen molar-refractivity contribution in [3.8, 4) is 0 Å². The molecule has 0 atom stereocenters. The second-order valence-electron chi connectivity index (χ2n) is 4.20. The molecule has 0 saturated carbocycles. The first-order valence-electron chi connectivity index (χ1n) is 5.98. The standard InChI is InChI=1S/C12H14N6OS2/c1-18(2)9-6-4-3-5-8(9)7-13-15-10(19)14-11-16-17-12(20)21-11/h3-7H,1-2H3,(H,17,20)(H2,14,15,16,19)/b13-7+. The van der Waals surface area contributed by atoms with Crippen LogP contribution in [-0.4, -0.2) is 36.5 Å². The minimum atomic E-state index is -0.480. The second kappa shape index (κ2) is 6.95. The number of amides is 2. The second-order valence-corrected chi connectivity index (χ2v) is 5.86. The molecule has 0 aliphatic heterocycles. The third-order valence-electron chi connectivity index (χ3n) is 2.45. The first-order valence-corrected chi connectivity index (χ1v) is 7.20. The van der Waals surface area contributed by atoms with Crippen LogP contribution < -0.4 is 15.6 Å². The Kier molecular flexibility index (Phi) is 5.01. The summed E-state index contributed by atoms with van der Waals surface area (Å²) in [4.78, 5) is 13.6. The lowest BCUT2D eigenvalue weighted by molar-refractivity contribution is 0.252. The third-order valence-corrected chi connectivity index (χ3v) is 3.45. The summed E-state index contributed by atoms with van der Waals surface area (Å²) in [6.07, 6.45) is 1.58. The van der Waals surface area contributed by atoms with Gasteiger partial charge < -0.3 is 4.90 Å². The van der Waals surface area contributed by atoms with E-state index in [1.54, 1.807) is 6.21 Å². The molecule has 0 aliphatic carbocycles. The molecule has 7 nitrogen and oxygen atoms in total. The van der Waals surface area contributed by atoms with Crippen LogP contribution in [0.2, 0.25) is 0 Å². The lowest BCUT2D eigenvalue weighted by Gasteiger charge is -2.14. The number of aromatic amines is 1. The van der Waals surface area contributed by atoms with E-state index in [1.165, 1.54) is 11.3 Å². The van der Waals surface area contributed by atoms with Gasteiger partial charge in [0.25, 0.3) is 0 Å². The Labute approximate surface area is 130 Å². The molecule has 3 N–H and O–H groups in total. The Morgan fingerprint density at radius 1 is 1.48 bits per heavy atom. The lowest BCUT2D eigenvalue weighted by atomic mass is 10.2. The molecule has 0 spiro atoms. The molecular formula is C12H14N6OS2. The Hall–Kier alpha value is -2.26. The molecule has 0 saturated heterocycles. The Morgan fingerprint density at radius 2 is 2.24 bits per heavy atom. The van der Waals surface area contributed by atoms with Crippen molar-refractivity contribution in [2.24, 2.45) is 5.10 Å². The molecular weight excluding hydrogens is 308 g/mol. The van der Waals surface area contributed by atoms with Crippen LogP contribution in [0.3, 0.4) is 0 Å². The number of carbonyl (C=O) groups excluding carboxylic acids is 1. The molecule has 0 aliphatic rings. The topological polar surface area (TPSA) is 85.4 Å². The number of aromatic nitrogens is 2. The zero-order chi connectivity index (χ0) is 15.2. The quantitative estimate of drug-likeness (QED) is 0.458. The van der Waals surface area contributed by atoms with Crippen molar-refractivity contribution in [3.63, 3.8) is 0 Å². The molecule has 1 aromatic carbocycles. The summed E-state index contributed by atoms with van der Waals surface area (Å²) >= 11 is 6.04. The number of H-pyrrole nitrogens is 1. The number of benzene rings is 1. The van der Waals surface area contributed by atoms with Gasteiger partial charge in [0, 0.05) is 25.3 Å². The molecule has 110 valence electrons. The maximum Gasteiger partial charge on any atom is 0.341 e. The van der Waals surface area contributed by atoms with Crippen LogP contribution in [0.5, 0.6) is 0 Å². The van der Waals surface area contributed by atoms with Crippen molar-refractivity contribution < 1.29 is 4.79 Å². The van der Waals surface area contributed by atoms with E-state index in [9.17, 15) is 4.79 Å². The van der Waals surface area contributed by atoms with Crippen LogP contribution >= 0.6 is 23.6 Å². The van der Waals surface area contributed by atoms with E-state index in [0.29, 0.717) is 9.09 Å². The van der Waals surface area contributed by atoms with Gasteiger partial charge in [0.15, 0.2) is 3.95 Å². The summed E-state index contributed by atoms with van der Waals surface area (Å²) < 4.78 is 0.494. The van der Waals surface area contributed by atoms with E-state index in [4.69, 9.17) is 12.2 Å². The largest absolute Gasteiger partial charge is 0.377 e. The first kappa shape index (κ1) is 15.1. The Morgan fingerprint density at radius 3 is 2.90 bits per heavy atom. The number of urea groups is 1. The van der Waals surface area contributed by atoms with Crippen LogP contribution in [0.4, 0.5) is 15.6 Å². The predicted octanol–water partition coefficient (Wildman–Crippen LogP) is 2.42. The van der Waals surface area contributed by atoms with Gasteiger partial charge in [-0.2, -0.15) is 5.10 Å². The van der Waals surface area contributed by atoms with Crippen LogP contribution in [-0.2, 0) is 0 Å². The molecule has 9 heteroatoms. The number of anilines is 2. The molecule has 2 amide bonds. The number of para-hydroxylation sites is 1. The van der Waals surface area contributed by atoms with E-state index in [1.807, 2.05) is 43.3 Å². The van der Waals surface area contributed by atoms with Gasteiger partial charge in [-0.3, -0.25) is 10.4 Å². The van der Waals surface area contributed by atoms with E-state index in [2.05, 4.69) is 26.0 Å². The number of rotatable bonds is 4. The molecule has 2 rings (SSSR count). The van der Waals surface area contributed by atoms with Gasteiger partial charge in [0.2, 0.25) is 5.13 Å². The zero-order valence-corrected chi connectivity index (χ0v) is 13.1. The molecule has 2 aromatic rings. The van der Waals surface area contributed by atoms with Crippen molar-refractivity contribution >= 4 is 46.6 Å². The smallest absolute Gasteiger partial charge is 0.341 e. The first-order chi connectivity index (χ1) is 10.1. The van der Waals surface area contributed by atoms with Crippen molar-refractivity contribution in [1.29, 1.82) is 0 Å². The van der Waals surface area contributed by atoms with Crippen molar-refractivity contribution in [2.45, 2.75) is 0 Å².